The van der Waals surface area contributed by atoms with Gasteiger partial charge in [-0.3, -0.25) is 19.2 Å². The van der Waals surface area contributed by atoms with Gasteiger partial charge in [0.1, 0.15) is 21.4 Å². The minimum atomic E-state index is -0.539. The second-order valence-corrected chi connectivity index (χ2v) is 13.2. The third kappa shape index (κ3) is 8.22. The fourth-order valence-corrected chi connectivity index (χ4v) is 6.98. The highest BCUT2D eigenvalue weighted by molar-refractivity contribution is 7.10. The zero-order chi connectivity index (χ0) is 32.6. The number of hydrogen-bond acceptors (Lipinski definition) is 9. The number of rotatable bonds is 5. The van der Waals surface area contributed by atoms with E-state index >= 15 is 0 Å². The second-order valence-electron chi connectivity index (χ2n) is 11.4. The lowest BCUT2D eigenvalue weighted by Gasteiger charge is -2.24. The summed E-state index contributed by atoms with van der Waals surface area (Å²) in [6.07, 6.45) is 0.850. The Morgan fingerprint density at radius 3 is 2.37 bits per heavy atom. The van der Waals surface area contributed by atoms with E-state index in [2.05, 4.69) is 25.9 Å². The average Bonchev–Trinajstić information content (AvgIpc) is 3.75. The lowest BCUT2D eigenvalue weighted by molar-refractivity contribution is -0.122. The molecule has 0 aliphatic carbocycles. The van der Waals surface area contributed by atoms with Gasteiger partial charge in [0.05, 0.1) is 18.6 Å². The van der Waals surface area contributed by atoms with Crippen LogP contribution in [0.2, 0.25) is 0 Å². The van der Waals surface area contributed by atoms with Crippen molar-refractivity contribution in [2.24, 2.45) is 11.7 Å². The van der Waals surface area contributed by atoms with Crippen molar-refractivity contribution in [1.29, 1.82) is 0 Å². The van der Waals surface area contributed by atoms with E-state index in [0.29, 0.717) is 28.4 Å². The van der Waals surface area contributed by atoms with Gasteiger partial charge in [0.15, 0.2) is 0 Å². The summed E-state index contributed by atoms with van der Waals surface area (Å²) in [5.74, 6) is -1.42. The van der Waals surface area contributed by atoms with Gasteiger partial charge in [0.2, 0.25) is 5.91 Å². The molecule has 46 heavy (non-hydrogen) atoms. The highest BCUT2D eigenvalue weighted by Gasteiger charge is 2.27. The highest BCUT2D eigenvalue weighted by Crippen LogP contribution is 2.27. The van der Waals surface area contributed by atoms with Gasteiger partial charge < -0.3 is 26.6 Å². The first kappa shape index (κ1) is 32.9. The molecule has 2 atom stereocenters. The number of nitrogens with zero attached hydrogens (tertiary/aromatic N) is 3. The molecule has 4 bridgehead atoms. The van der Waals surface area contributed by atoms with Crippen molar-refractivity contribution in [2.45, 2.75) is 45.3 Å². The molecule has 0 spiro atoms. The molecule has 0 fully saturated rings. The van der Waals surface area contributed by atoms with Gasteiger partial charge >= 0.3 is 0 Å². The molecule has 2 aromatic carbocycles. The van der Waals surface area contributed by atoms with Crippen LogP contribution in [0.1, 0.15) is 84.8 Å². The Bertz CT molecular complexity index is 1690. The topological polar surface area (TPSA) is 159 Å². The number of hydrogen-bond donors (Lipinski definition) is 4. The summed E-state index contributed by atoms with van der Waals surface area (Å²) >= 11 is 2.60. The normalized spacial score (nSPS) is 18.2. The number of carbonyl (C=O) groups is 4. The van der Waals surface area contributed by atoms with Crippen LogP contribution in [0.3, 0.4) is 0 Å². The number of benzene rings is 2. The average molecular weight is 660 g/mol. The predicted molar refractivity (Wildman–Crippen MR) is 177 cm³/mol. The molecule has 11 nitrogen and oxygen atoms in total. The first-order valence-corrected chi connectivity index (χ1v) is 16.9. The second kappa shape index (κ2) is 15.2. The SMILES string of the molecule is CC(C)[C@@H]1NC(=O)c2csc(n2)[C@H](Cc2ccccc2)NC(=O)CN(C(=O)c2cccc(CN)c2)CCCNC(=O)c2csc1n2. The van der Waals surface area contributed by atoms with Crippen LogP contribution in [0.4, 0.5) is 0 Å². The fraction of sp³-hybridized carbons (Fsp3) is 0.333. The molecule has 4 amide bonds. The van der Waals surface area contributed by atoms with Gasteiger partial charge in [-0.05, 0) is 42.0 Å². The van der Waals surface area contributed by atoms with Crippen LogP contribution >= 0.6 is 22.7 Å². The Labute approximate surface area is 275 Å². The van der Waals surface area contributed by atoms with E-state index < -0.39 is 12.1 Å². The van der Waals surface area contributed by atoms with Crippen LogP contribution in [0.5, 0.6) is 0 Å². The molecule has 2 aromatic heterocycles. The van der Waals surface area contributed by atoms with Crippen molar-refractivity contribution in [2.75, 3.05) is 19.6 Å². The van der Waals surface area contributed by atoms with E-state index in [4.69, 9.17) is 5.73 Å². The lowest BCUT2D eigenvalue weighted by atomic mass is 10.0. The highest BCUT2D eigenvalue weighted by atomic mass is 32.1. The summed E-state index contributed by atoms with van der Waals surface area (Å²) in [4.78, 5) is 64.3. The van der Waals surface area contributed by atoms with E-state index in [0.717, 1.165) is 11.1 Å². The maximum Gasteiger partial charge on any atom is 0.271 e. The van der Waals surface area contributed by atoms with Gasteiger partial charge in [-0.2, -0.15) is 0 Å². The summed E-state index contributed by atoms with van der Waals surface area (Å²) in [5.41, 5.74) is 8.49. The van der Waals surface area contributed by atoms with E-state index in [1.54, 1.807) is 29.0 Å². The minimum absolute atomic E-state index is 0.00240. The summed E-state index contributed by atoms with van der Waals surface area (Å²) < 4.78 is 0. The van der Waals surface area contributed by atoms with Crippen molar-refractivity contribution in [3.05, 3.63) is 103 Å². The molecule has 0 saturated heterocycles. The number of thiazole rings is 2. The van der Waals surface area contributed by atoms with Gasteiger partial charge in [0.25, 0.3) is 17.7 Å². The summed E-state index contributed by atoms with van der Waals surface area (Å²) in [6, 6.07) is 15.7. The van der Waals surface area contributed by atoms with E-state index in [9.17, 15) is 19.2 Å². The Balaban J connectivity index is 1.47. The van der Waals surface area contributed by atoms with Gasteiger partial charge in [-0.15, -0.1) is 22.7 Å². The third-order valence-corrected chi connectivity index (χ3v) is 9.45. The van der Waals surface area contributed by atoms with E-state index in [1.165, 1.54) is 27.6 Å². The molecule has 240 valence electrons. The third-order valence-electron chi connectivity index (χ3n) is 7.57. The molecule has 1 aliphatic rings. The molecule has 13 heteroatoms. The molecular formula is C33H37N7O4S2. The molecule has 0 radical (unpaired) electrons. The van der Waals surface area contributed by atoms with Gasteiger partial charge in [0, 0.05) is 36.0 Å². The maximum atomic E-state index is 13.7. The Kier molecular flexibility index (Phi) is 10.9. The van der Waals surface area contributed by atoms with Crippen LogP contribution < -0.4 is 21.7 Å². The lowest BCUT2D eigenvalue weighted by Crippen LogP contribution is -2.43. The molecule has 5 N–H and O–H groups in total. The monoisotopic (exact) mass is 659 g/mol. The molecular weight excluding hydrogens is 623 g/mol. The Hall–Kier alpha value is -4.46. The van der Waals surface area contributed by atoms with Gasteiger partial charge in [-0.1, -0.05) is 56.3 Å². The summed E-state index contributed by atoms with van der Waals surface area (Å²) in [7, 11) is 0. The van der Waals surface area contributed by atoms with Crippen LogP contribution in [-0.4, -0.2) is 58.1 Å². The predicted octanol–water partition coefficient (Wildman–Crippen LogP) is 3.86. The minimum Gasteiger partial charge on any atom is -0.351 e. The number of fused-ring (bicyclic) bond motifs is 4. The Morgan fingerprint density at radius 1 is 0.935 bits per heavy atom. The quantitative estimate of drug-likeness (QED) is 0.253. The maximum absolute atomic E-state index is 13.7. The van der Waals surface area contributed by atoms with Crippen molar-refractivity contribution >= 4 is 46.3 Å². The number of amides is 4. The molecule has 3 heterocycles. The first-order valence-electron chi connectivity index (χ1n) is 15.1. The van der Waals surface area contributed by atoms with Crippen LogP contribution in [0.25, 0.3) is 0 Å². The smallest absolute Gasteiger partial charge is 0.271 e. The fourth-order valence-electron chi connectivity index (χ4n) is 5.11. The van der Waals surface area contributed by atoms with Crippen molar-refractivity contribution in [1.82, 2.24) is 30.8 Å². The zero-order valence-electron chi connectivity index (χ0n) is 25.7. The zero-order valence-corrected chi connectivity index (χ0v) is 27.3. The number of nitrogens with one attached hydrogen (secondary N) is 3. The summed E-state index contributed by atoms with van der Waals surface area (Å²) in [5, 5.41) is 13.5. The molecule has 4 aromatic rings. The number of carbonyl (C=O) groups excluding carboxylic acids is 4. The largest absolute Gasteiger partial charge is 0.351 e. The van der Waals surface area contributed by atoms with E-state index in [-0.39, 0.29) is 67.1 Å². The number of aromatic nitrogens is 2. The van der Waals surface area contributed by atoms with Crippen molar-refractivity contribution < 1.29 is 19.2 Å². The molecule has 1 aliphatic heterocycles. The standard InChI is InChI=1S/C33H37N7O4S2/c1-20(2)28-32-38-25(18-46-32)29(42)35-12-7-13-40(33(44)23-11-6-10-22(14-23)16-34)17-27(41)36-24(15-21-8-4-3-5-9-21)31-37-26(19-45-31)30(43)39-28/h3-6,8-11,14,18-20,24,28H,7,12-13,15-17,34H2,1-2H3,(H,35,42)(H,36,41)(H,39,43)/t24-,28-/m0/s1. The van der Waals surface area contributed by atoms with Crippen LogP contribution in [-0.2, 0) is 17.8 Å². The molecule has 0 saturated carbocycles. The van der Waals surface area contributed by atoms with Crippen LogP contribution in [0, 0.1) is 5.92 Å². The van der Waals surface area contributed by atoms with Crippen molar-refractivity contribution in [3.8, 4) is 0 Å². The van der Waals surface area contributed by atoms with E-state index in [1.807, 2.05) is 50.2 Å². The summed E-state index contributed by atoms with van der Waals surface area (Å²) in [6.45, 7) is 4.49. The van der Waals surface area contributed by atoms with Crippen molar-refractivity contribution in [3.63, 3.8) is 0 Å². The first-order chi connectivity index (χ1) is 22.2. The molecule has 5 rings (SSSR count). The Morgan fingerprint density at radius 2 is 1.63 bits per heavy atom. The van der Waals surface area contributed by atoms with Crippen LogP contribution in [0.15, 0.2) is 65.4 Å². The van der Waals surface area contributed by atoms with Gasteiger partial charge in [-0.25, -0.2) is 9.97 Å². The molecule has 0 unspecified atom stereocenters. The number of nitrogens with two attached hydrogens (primary N) is 1.